The Kier molecular flexibility index (Phi) is 3.54. The van der Waals surface area contributed by atoms with Crippen LogP contribution in [0.4, 0.5) is 10.7 Å². The predicted octanol–water partition coefficient (Wildman–Crippen LogP) is 2.14. The summed E-state index contributed by atoms with van der Waals surface area (Å²) < 4.78 is 0. The summed E-state index contributed by atoms with van der Waals surface area (Å²) in [7, 11) is 0. The van der Waals surface area contributed by atoms with Gasteiger partial charge in [-0.05, 0) is 5.92 Å². The van der Waals surface area contributed by atoms with Crippen molar-refractivity contribution in [2.45, 2.75) is 13.8 Å². The van der Waals surface area contributed by atoms with E-state index in [1.54, 1.807) is 0 Å². The van der Waals surface area contributed by atoms with Crippen LogP contribution in [0.1, 0.15) is 24.3 Å². The van der Waals surface area contributed by atoms with Crippen LogP contribution in [0.2, 0.25) is 0 Å². The topological polar surface area (TPSA) is 85.6 Å². The summed E-state index contributed by atoms with van der Waals surface area (Å²) in [4.78, 5) is 0.401. The quantitative estimate of drug-likeness (QED) is 0.817. The molecule has 0 spiro atoms. The van der Waals surface area contributed by atoms with E-state index in [-0.39, 0.29) is 5.69 Å². The molecule has 0 aromatic carbocycles. The van der Waals surface area contributed by atoms with E-state index in [0.717, 1.165) is 6.54 Å². The van der Waals surface area contributed by atoms with Crippen LogP contribution in [0.3, 0.4) is 0 Å². The van der Waals surface area contributed by atoms with Crippen LogP contribution >= 0.6 is 11.3 Å². The van der Waals surface area contributed by atoms with Crippen molar-refractivity contribution in [2.75, 3.05) is 17.6 Å². The first-order valence-electron chi connectivity index (χ1n) is 4.56. The zero-order valence-electron chi connectivity index (χ0n) is 8.66. The lowest BCUT2D eigenvalue weighted by Crippen LogP contribution is -2.07. The van der Waals surface area contributed by atoms with Crippen LogP contribution in [0.5, 0.6) is 0 Å². The minimum Gasteiger partial charge on any atom is -0.396 e. The van der Waals surface area contributed by atoms with E-state index in [0.29, 0.717) is 21.4 Å². The summed E-state index contributed by atoms with van der Waals surface area (Å²) in [6, 6.07) is 3.99. The molecule has 0 saturated carbocycles. The molecule has 78 valence electrons. The number of rotatable bonds is 3. The van der Waals surface area contributed by atoms with Gasteiger partial charge in [-0.15, -0.1) is 11.3 Å². The third-order valence-corrected chi connectivity index (χ3v) is 2.90. The van der Waals surface area contributed by atoms with Gasteiger partial charge in [-0.2, -0.15) is 10.5 Å². The predicted molar refractivity (Wildman–Crippen MR) is 61.5 cm³/mol. The van der Waals surface area contributed by atoms with Gasteiger partial charge in [0.25, 0.3) is 0 Å². The number of nitrogen functional groups attached to an aromatic ring is 1. The summed E-state index contributed by atoms with van der Waals surface area (Å²) in [6.45, 7) is 4.90. The second kappa shape index (κ2) is 4.68. The second-order valence-electron chi connectivity index (χ2n) is 3.55. The first kappa shape index (κ1) is 11.4. The van der Waals surface area contributed by atoms with E-state index < -0.39 is 0 Å². The molecule has 0 atom stereocenters. The molecule has 15 heavy (non-hydrogen) atoms. The summed E-state index contributed by atoms with van der Waals surface area (Å²) in [5.74, 6) is 0.477. The number of anilines is 2. The van der Waals surface area contributed by atoms with Gasteiger partial charge in [0.2, 0.25) is 0 Å². The average Bonchev–Trinajstić information content (AvgIpc) is 2.51. The Balaban J connectivity index is 2.99. The Bertz CT molecular complexity index is 434. The molecule has 5 heteroatoms. The standard InChI is InChI=1S/C10H12N4S/c1-6(2)5-14-10-7(3-11)9(13)8(4-12)15-10/h6,14H,5,13H2,1-2H3. The molecule has 0 fully saturated rings. The Hall–Kier alpha value is -1.72. The third-order valence-electron chi connectivity index (χ3n) is 1.83. The van der Waals surface area contributed by atoms with Crippen molar-refractivity contribution in [1.82, 2.24) is 0 Å². The SMILES string of the molecule is CC(C)CNc1sc(C#N)c(N)c1C#N. The molecule has 0 unspecified atom stereocenters. The maximum Gasteiger partial charge on any atom is 0.131 e. The summed E-state index contributed by atoms with van der Waals surface area (Å²) in [5, 5.41) is 21.5. The molecule has 0 saturated heterocycles. The fourth-order valence-corrected chi connectivity index (χ4v) is 1.93. The van der Waals surface area contributed by atoms with Gasteiger partial charge >= 0.3 is 0 Å². The molecular weight excluding hydrogens is 208 g/mol. The number of nitrogens with zero attached hydrogens (tertiary/aromatic N) is 2. The Morgan fingerprint density at radius 1 is 1.40 bits per heavy atom. The van der Waals surface area contributed by atoms with Crippen LogP contribution < -0.4 is 11.1 Å². The lowest BCUT2D eigenvalue weighted by Gasteiger charge is -2.06. The molecule has 1 aromatic heterocycles. The Labute approximate surface area is 92.9 Å². The molecule has 3 N–H and O–H groups in total. The fourth-order valence-electron chi connectivity index (χ4n) is 1.06. The van der Waals surface area contributed by atoms with Gasteiger partial charge < -0.3 is 11.1 Å². The minimum atomic E-state index is 0.288. The first-order chi connectivity index (χ1) is 7.10. The van der Waals surface area contributed by atoms with E-state index in [1.165, 1.54) is 11.3 Å². The molecule has 4 nitrogen and oxygen atoms in total. The highest BCUT2D eigenvalue weighted by atomic mass is 32.1. The van der Waals surface area contributed by atoms with Gasteiger partial charge in [0.15, 0.2) is 0 Å². The van der Waals surface area contributed by atoms with Gasteiger partial charge in [0.05, 0.1) is 5.69 Å². The van der Waals surface area contributed by atoms with Crippen molar-refractivity contribution in [2.24, 2.45) is 5.92 Å². The maximum atomic E-state index is 8.90. The van der Waals surface area contributed by atoms with Crippen molar-refractivity contribution in [1.29, 1.82) is 10.5 Å². The molecular formula is C10H12N4S. The molecule has 0 amide bonds. The zero-order chi connectivity index (χ0) is 11.4. The molecule has 0 aliphatic carbocycles. The summed E-state index contributed by atoms with van der Waals surface area (Å²) in [6.07, 6.45) is 0. The largest absolute Gasteiger partial charge is 0.396 e. The normalized spacial score (nSPS) is 9.67. The van der Waals surface area contributed by atoms with E-state index in [2.05, 4.69) is 19.2 Å². The molecule has 1 rings (SSSR count). The number of nitrogens with two attached hydrogens (primary N) is 1. The number of hydrogen-bond donors (Lipinski definition) is 2. The molecule has 0 aliphatic rings. The van der Waals surface area contributed by atoms with Crippen LogP contribution in [-0.2, 0) is 0 Å². The van der Waals surface area contributed by atoms with Crippen molar-refractivity contribution >= 4 is 22.0 Å². The maximum absolute atomic E-state index is 8.90. The van der Waals surface area contributed by atoms with Crippen molar-refractivity contribution in [3.05, 3.63) is 10.4 Å². The fraction of sp³-hybridized carbons (Fsp3) is 0.400. The van der Waals surface area contributed by atoms with Gasteiger partial charge in [-0.25, -0.2) is 0 Å². The van der Waals surface area contributed by atoms with Crippen molar-refractivity contribution in [3.63, 3.8) is 0 Å². The smallest absolute Gasteiger partial charge is 0.131 e. The molecule has 1 heterocycles. The van der Waals surface area contributed by atoms with Gasteiger partial charge in [-0.1, -0.05) is 13.8 Å². The average molecular weight is 220 g/mol. The third kappa shape index (κ3) is 2.39. The second-order valence-corrected chi connectivity index (χ2v) is 4.57. The van der Waals surface area contributed by atoms with Crippen molar-refractivity contribution < 1.29 is 0 Å². The Morgan fingerprint density at radius 3 is 2.53 bits per heavy atom. The highest BCUT2D eigenvalue weighted by Gasteiger charge is 2.15. The lowest BCUT2D eigenvalue weighted by molar-refractivity contribution is 0.690. The van der Waals surface area contributed by atoms with Crippen LogP contribution in [-0.4, -0.2) is 6.54 Å². The number of nitrogens with one attached hydrogen (secondary N) is 1. The number of thiophene rings is 1. The zero-order valence-corrected chi connectivity index (χ0v) is 9.48. The molecule has 0 radical (unpaired) electrons. The molecule has 1 aromatic rings. The van der Waals surface area contributed by atoms with E-state index >= 15 is 0 Å². The Morgan fingerprint density at radius 2 is 2.07 bits per heavy atom. The highest BCUT2D eigenvalue weighted by molar-refractivity contribution is 7.17. The van der Waals surface area contributed by atoms with Crippen LogP contribution in [0.15, 0.2) is 0 Å². The minimum absolute atomic E-state index is 0.288. The van der Waals surface area contributed by atoms with Crippen LogP contribution in [0, 0.1) is 28.6 Å². The lowest BCUT2D eigenvalue weighted by atomic mass is 10.2. The van der Waals surface area contributed by atoms with Gasteiger partial charge in [-0.3, -0.25) is 0 Å². The highest BCUT2D eigenvalue weighted by Crippen LogP contribution is 2.34. The summed E-state index contributed by atoms with van der Waals surface area (Å²) >= 11 is 1.23. The molecule has 0 aliphatic heterocycles. The number of hydrogen-bond acceptors (Lipinski definition) is 5. The number of nitriles is 2. The van der Waals surface area contributed by atoms with E-state index in [4.69, 9.17) is 16.3 Å². The van der Waals surface area contributed by atoms with Crippen molar-refractivity contribution in [3.8, 4) is 12.1 Å². The van der Waals surface area contributed by atoms with Gasteiger partial charge in [0.1, 0.15) is 27.6 Å². The molecule has 0 bridgehead atoms. The van der Waals surface area contributed by atoms with Crippen LogP contribution in [0.25, 0.3) is 0 Å². The van der Waals surface area contributed by atoms with Gasteiger partial charge in [0, 0.05) is 6.54 Å². The van der Waals surface area contributed by atoms with E-state index in [9.17, 15) is 0 Å². The monoisotopic (exact) mass is 220 g/mol. The van der Waals surface area contributed by atoms with E-state index in [1.807, 2.05) is 12.1 Å². The summed E-state index contributed by atoms with van der Waals surface area (Å²) in [5.41, 5.74) is 6.33. The first-order valence-corrected chi connectivity index (χ1v) is 5.38.